The molecule has 2 fully saturated rings. The van der Waals surface area contributed by atoms with Crippen LogP contribution in [0.4, 0.5) is 0 Å². The summed E-state index contributed by atoms with van der Waals surface area (Å²) in [7, 11) is 1.91. The number of rotatable bonds is 4. The van der Waals surface area contributed by atoms with Crippen LogP contribution in [0.2, 0.25) is 0 Å². The fourth-order valence-electron chi connectivity index (χ4n) is 5.53. The van der Waals surface area contributed by atoms with Crippen molar-refractivity contribution in [3.63, 3.8) is 0 Å². The second-order valence-corrected chi connectivity index (χ2v) is 9.25. The summed E-state index contributed by atoms with van der Waals surface area (Å²) in [5.41, 5.74) is 2.70. The Labute approximate surface area is 194 Å². The second-order valence-electron chi connectivity index (χ2n) is 9.25. The van der Waals surface area contributed by atoms with Gasteiger partial charge in [0.1, 0.15) is 5.69 Å². The van der Waals surface area contributed by atoms with Crippen LogP contribution < -0.4 is 0 Å². The number of carbonyl (C=O) groups excluding carboxylic acids is 2. The first-order valence-corrected chi connectivity index (χ1v) is 11.5. The molecular weight excluding hydrogens is 414 g/mol. The fourth-order valence-corrected chi connectivity index (χ4v) is 5.53. The third-order valence-corrected chi connectivity index (χ3v) is 7.13. The minimum Gasteiger partial charge on any atom is -0.338 e. The summed E-state index contributed by atoms with van der Waals surface area (Å²) < 4.78 is 1.84. The summed E-state index contributed by atoms with van der Waals surface area (Å²) in [5.74, 6) is -0.0862. The van der Waals surface area contributed by atoms with Gasteiger partial charge in [-0.25, -0.2) is 4.98 Å². The van der Waals surface area contributed by atoms with Crippen molar-refractivity contribution in [1.82, 2.24) is 24.6 Å². The van der Waals surface area contributed by atoms with Crippen molar-refractivity contribution in [3.8, 4) is 0 Å². The normalized spacial score (nSPS) is 22.8. The first kappa shape index (κ1) is 21.4. The van der Waals surface area contributed by atoms with E-state index in [-0.39, 0.29) is 17.7 Å². The smallest absolute Gasteiger partial charge is 0.272 e. The molecule has 0 radical (unpaired) electrons. The lowest BCUT2D eigenvalue weighted by Gasteiger charge is -2.42. The van der Waals surface area contributed by atoms with Crippen LogP contribution in [-0.2, 0) is 18.4 Å². The Bertz CT molecular complexity index is 1170. The number of carbonyl (C=O) groups is 2. The van der Waals surface area contributed by atoms with Crippen molar-refractivity contribution < 1.29 is 9.59 Å². The minimum atomic E-state index is -0.652. The number of likely N-dealkylation sites (tertiary alicyclic amines) is 2. The average Bonchev–Trinajstić information content (AvgIpc) is 3.41. The largest absolute Gasteiger partial charge is 0.338 e. The maximum atomic E-state index is 14.1. The molecule has 2 atom stereocenters. The van der Waals surface area contributed by atoms with E-state index in [1.165, 1.54) is 0 Å². The van der Waals surface area contributed by atoms with Crippen LogP contribution in [0.15, 0.2) is 60.8 Å². The van der Waals surface area contributed by atoms with E-state index in [0.717, 1.165) is 36.3 Å². The number of hydrogen-bond acceptors (Lipinski definition) is 4. The Kier molecular flexibility index (Phi) is 5.48. The van der Waals surface area contributed by atoms with Crippen LogP contribution in [0, 0.1) is 12.3 Å². The predicted molar refractivity (Wildman–Crippen MR) is 124 cm³/mol. The van der Waals surface area contributed by atoms with Crippen LogP contribution in [0.1, 0.15) is 46.2 Å². The molecule has 3 aromatic rings. The molecule has 1 spiro atoms. The molecule has 0 unspecified atom stereocenters. The molecule has 7 nitrogen and oxygen atoms in total. The van der Waals surface area contributed by atoms with Crippen molar-refractivity contribution in [2.45, 2.75) is 32.2 Å². The first-order valence-electron chi connectivity index (χ1n) is 11.5. The second kappa shape index (κ2) is 8.46. The maximum Gasteiger partial charge on any atom is 0.272 e. The monoisotopic (exact) mass is 443 g/mol. The van der Waals surface area contributed by atoms with E-state index in [1.807, 2.05) is 64.9 Å². The molecule has 0 N–H and O–H groups in total. The predicted octanol–water partition coefficient (Wildman–Crippen LogP) is 3.17. The van der Waals surface area contributed by atoms with Crippen molar-refractivity contribution in [1.29, 1.82) is 0 Å². The van der Waals surface area contributed by atoms with Crippen LogP contribution in [-0.4, -0.2) is 56.0 Å². The van der Waals surface area contributed by atoms with Gasteiger partial charge in [-0.3, -0.25) is 14.3 Å². The zero-order valence-electron chi connectivity index (χ0n) is 19.1. The highest BCUT2D eigenvalue weighted by Crippen LogP contribution is 2.49. The molecule has 170 valence electrons. The molecule has 2 aliphatic rings. The number of amides is 2. The van der Waals surface area contributed by atoms with Gasteiger partial charge >= 0.3 is 0 Å². The van der Waals surface area contributed by atoms with Gasteiger partial charge in [-0.2, -0.15) is 5.10 Å². The lowest BCUT2D eigenvalue weighted by molar-refractivity contribution is -0.147. The van der Waals surface area contributed by atoms with E-state index in [4.69, 9.17) is 0 Å². The molecule has 0 aliphatic carbocycles. The topological polar surface area (TPSA) is 71.3 Å². The number of aromatic nitrogens is 3. The van der Waals surface area contributed by atoms with E-state index in [2.05, 4.69) is 22.2 Å². The molecule has 2 saturated heterocycles. The molecule has 2 aliphatic heterocycles. The number of pyridine rings is 1. The average molecular weight is 444 g/mol. The molecule has 0 saturated carbocycles. The van der Waals surface area contributed by atoms with E-state index in [9.17, 15) is 9.59 Å². The molecule has 33 heavy (non-hydrogen) atoms. The summed E-state index contributed by atoms with van der Waals surface area (Å²) in [6.07, 6.45) is 3.44. The van der Waals surface area contributed by atoms with Crippen molar-refractivity contribution >= 4 is 11.8 Å². The lowest BCUT2D eigenvalue weighted by atomic mass is 9.70. The summed E-state index contributed by atoms with van der Waals surface area (Å²) in [4.78, 5) is 35.7. The number of nitrogens with zero attached hydrogens (tertiary/aromatic N) is 5. The number of benzene rings is 1. The first-order chi connectivity index (χ1) is 16.0. The quantitative estimate of drug-likeness (QED) is 0.621. The van der Waals surface area contributed by atoms with Gasteiger partial charge in [0.15, 0.2) is 0 Å². The highest BCUT2D eigenvalue weighted by molar-refractivity contribution is 5.94. The van der Waals surface area contributed by atoms with Crippen LogP contribution in [0.25, 0.3) is 0 Å². The minimum absolute atomic E-state index is 0.107. The third-order valence-electron chi connectivity index (χ3n) is 7.13. The van der Waals surface area contributed by atoms with Gasteiger partial charge in [0, 0.05) is 56.7 Å². The van der Waals surface area contributed by atoms with Crippen LogP contribution in [0.3, 0.4) is 0 Å². The van der Waals surface area contributed by atoms with Crippen LogP contribution in [0.5, 0.6) is 0 Å². The van der Waals surface area contributed by atoms with Crippen molar-refractivity contribution in [3.05, 3.63) is 83.4 Å². The highest BCUT2D eigenvalue weighted by Gasteiger charge is 2.57. The van der Waals surface area contributed by atoms with Gasteiger partial charge in [0.25, 0.3) is 5.91 Å². The molecule has 1 aromatic carbocycles. The van der Waals surface area contributed by atoms with Gasteiger partial charge in [-0.15, -0.1) is 0 Å². The lowest BCUT2D eigenvalue weighted by Crippen LogP contribution is -2.52. The summed E-state index contributed by atoms with van der Waals surface area (Å²) in [5, 5.41) is 4.37. The summed E-state index contributed by atoms with van der Waals surface area (Å²) >= 11 is 0. The molecule has 4 heterocycles. The zero-order chi connectivity index (χ0) is 23.0. The Morgan fingerprint density at radius 1 is 1.12 bits per heavy atom. The van der Waals surface area contributed by atoms with Gasteiger partial charge in [0.05, 0.1) is 5.41 Å². The molecule has 7 heteroatoms. The Morgan fingerprint density at radius 2 is 1.94 bits per heavy atom. The number of piperidine rings is 1. The Hall–Kier alpha value is -3.48. The van der Waals surface area contributed by atoms with E-state index >= 15 is 0 Å². The highest BCUT2D eigenvalue weighted by atomic mass is 16.2. The van der Waals surface area contributed by atoms with Gasteiger partial charge in [-0.05, 0) is 43.5 Å². The Morgan fingerprint density at radius 3 is 2.67 bits per heavy atom. The van der Waals surface area contributed by atoms with Gasteiger partial charge in [0.2, 0.25) is 5.91 Å². The van der Waals surface area contributed by atoms with E-state index in [1.54, 1.807) is 12.3 Å². The van der Waals surface area contributed by atoms with Gasteiger partial charge < -0.3 is 9.80 Å². The molecule has 2 aromatic heterocycles. The SMILES string of the molecule is Cc1cccc(C(=O)N2C[C@@H](c3ccnn3C)[C@@]3(CCCN(Cc4ccccc4)C3=O)C2)n1. The third kappa shape index (κ3) is 3.81. The Balaban J connectivity index is 1.49. The number of aryl methyl sites for hydroxylation is 2. The van der Waals surface area contributed by atoms with Crippen molar-refractivity contribution in [2.75, 3.05) is 19.6 Å². The maximum absolute atomic E-state index is 14.1. The van der Waals surface area contributed by atoms with E-state index < -0.39 is 5.41 Å². The molecule has 0 bridgehead atoms. The van der Waals surface area contributed by atoms with Crippen molar-refractivity contribution in [2.24, 2.45) is 12.5 Å². The van der Waals surface area contributed by atoms with Gasteiger partial charge in [-0.1, -0.05) is 36.4 Å². The van der Waals surface area contributed by atoms with E-state index in [0.29, 0.717) is 25.3 Å². The fraction of sp³-hybridized carbons (Fsp3) is 0.385. The zero-order valence-corrected chi connectivity index (χ0v) is 19.1. The van der Waals surface area contributed by atoms with Crippen LogP contribution >= 0.6 is 0 Å². The summed E-state index contributed by atoms with van der Waals surface area (Å²) in [6.45, 7) is 4.10. The summed E-state index contributed by atoms with van der Waals surface area (Å²) in [6, 6.07) is 17.6. The molecule has 5 rings (SSSR count). The molecule has 2 amide bonds. The standard InChI is InChI=1S/C26H29N5O2/c1-19-8-6-11-22(28-19)24(32)31-17-21(23-12-14-27-29(23)2)26(18-31)13-7-15-30(25(26)33)16-20-9-4-3-5-10-20/h3-6,8-12,14,21H,7,13,15-18H2,1-2H3/t21-,26+/m0/s1. The number of hydrogen-bond donors (Lipinski definition) is 0. The molecular formula is C26H29N5O2.